The molecule has 0 saturated carbocycles. The molecule has 0 fully saturated rings. The Bertz CT molecular complexity index is 647. The van der Waals surface area contributed by atoms with Crippen molar-refractivity contribution in [2.75, 3.05) is 34.6 Å². The molecule has 1 rings (SSSR count). The SMILES string of the molecule is CS(=O)(=O)CCS(=O)CCC(=O)Nc1cc(Cl)ccc1N. The highest BCUT2D eigenvalue weighted by Crippen LogP contribution is 2.22. The van der Waals surface area contributed by atoms with E-state index in [4.69, 9.17) is 17.3 Å². The molecule has 1 atom stereocenters. The molecule has 9 heteroatoms. The average molecular weight is 353 g/mol. The van der Waals surface area contributed by atoms with Crippen molar-refractivity contribution in [3.05, 3.63) is 23.2 Å². The third-order valence-corrected chi connectivity index (χ3v) is 5.29. The van der Waals surface area contributed by atoms with Crippen LogP contribution in [-0.4, -0.2) is 42.0 Å². The first kappa shape index (κ1) is 17.9. The Morgan fingerprint density at radius 1 is 1.38 bits per heavy atom. The second-order valence-corrected chi connectivity index (χ2v) is 8.90. The zero-order chi connectivity index (χ0) is 16.0. The highest BCUT2D eigenvalue weighted by atomic mass is 35.5. The van der Waals surface area contributed by atoms with E-state index < -0.39 is 20.6 Å². The van der Waals surface area contributed by atoms with E-state index in [1.54, 1.807) is 12.1 Å². The number of rotatable bonds is 7. The van der Waals surface area contributed by atoms with Crippen LogP contribution in [0.2, 0.25) is 5.02 Å². The van der Waals surface area contributed by atoms with E-state index in [1.165, 1.54) is 6.07 Å². The lowest BCUT2D eigenvalue weighted by Crippen LogP contribution is -2.19. The third-order valence-electron chi connectivity index (χ3n) is 2.53. The molecule has 0 aliphatic heterocycles. The fourth-order valence-corrected chi connectivity index (χ4v) is 4.15. The smallest absolute Gasteiger partial charge is 0.225 e. The van der Waals surface area contributed by atoms with Crippen molar-refractivity contribution in [3.63, 3.8) is 0 Å². The van der Waals surface area contributed by atoms with Gasteiger partial charge in [-0.2, -0.15) is 0 Å². The highest BCUT2D eigenvalue weighted by Gasteiger charge is 2.10. The lowest BCUT2D eigenvalue weighted by Gasteiger charge is -2.08. The molecule has 0 radical (unpaired) electrons. The normalized spacial score (nSPS) is 12.9. The fraction of sp³-hybridized carbons (Fsp3) is 0.417. The van der Waals surface area contributed by atoms with E-state index in [9.17, 15) is 17.4 Å². The van der Waals surface area contributed by atoms with Gasteiger partial charge in [-0.3, -0.25) is 9.00 Å². The Labute approximate surface area is 131 Å². The minimum absolute atomic E-state index is 0.0162. The van der Waals surface area contributed by atoms with Gasteiger partial charge in [-0.05, 0) is 18.2 Å². The maximum Gasteiger partial charge on any atom is 0.225 e. The van der Waals surface area contributed by atoms with Crippen LogP contribution in [0.15, 0.2) is 18.2 Å². The highest BCUT2D eigenvalue weighted by molar-refractivity contribution is 7.92. The molecule has 1 unspecified atom stereocenters. The van der Waals surface area contributed by atoms with Gasteiger partial charge < -0.3 is 11.1 Å². The molecular formula is C12H17ClN2O4S2. The van der Waals surface area contributed by atoms with Crippen LogP contribution in [-0.2, 0) is 25.4 Å². The summed E-state index contributed by atoms with van der Waals surface area (Å²) in [6.45, 7) is 0. The predicted octanol–water partition coefficient (Wildman–Crippen LogP) is 1.04. The number of nitrogen functional groups attached to an aromatic ring is 1. The topological polar surface area (TPSA) is 106 Å². The molecule has 0 aliphatic rings. The quantitative estimate of drug-likeness (QED) is 0.713. The zero-order valence-corrected chi connectivity index (χ0v) is 13.9. The molecule has 0 heterocycles. The first-order valence-corrected chi connectivity index (χ1v) is 9.97. The number of nitrogens with one attached hydrogen (secondary N) is 1. The van der Waals surface area contributed by atoms with E-state index in [-0.39, 0.29) is 29.6 Å². The average Bonchev–Trinajstić information content (AvgIpc) is 2.37. The Balaban J connectivity index is 2.44. The number of sulfone groups is 1. The Morgan fingerprint density at radius 3 is 2.67 bits per heavy atom. The van der Waals surface area contributed by atoms with Gasteiger partial charge in [0.25, 0.3) is 0 Å². The fourth-order valence-electron chi connectivity index (χ4n) is 1.40. The molecule has 3 N–H and O–H groups in total. The number of anilines is 2. The number of amides is 1. The number of nitrogens with two attached hydrogens (primary N) is 1. The maximum atomic E-state index is 11.7. The molecule has 1 amide bonds. The first-order valence-electron chi connectivity index (χ1n) is 6.05. The van der Waals surface area contributed by atoms with Gasteiger partial charge in [0.1, 0.15) is 9.84 Å². The summed E-state index contributed by atoms with van der Waals surface area (Å²) in [6, 6.07) is 4.70. The Hall–Kier alpha value is -1.12. The van der Waals surface area contributed by atoms with Gasteiger partial charge >= 0.3 is 0 Å². The van der Waals surface area contributed by atoms with Gasteiger partial charge in [-0.1, -0.05) is 11.6 Å². The molecule has 0 bridgehead atoms. The van der Waals surface area contributed by atoms with Crippen LogP contribution < -0.4 is 11.1 Å². The lowest BCUT2D eigenvalue weighted by molar-refractivity contribution is -0.115. The first-order chi connectivity index (χ1) is 9.67. The van der Waals surface area contributed by atoms with Gasteiger partial charge in [0, 0.05) is 40.0 Å². The van der Waals surface area contributed by atoms with Crippen LogP contribution in [0, 0.1) is 0 Å². The summed E-state index contributed by atoms with van der Waals surface area (Å²) < 4.78 is 33.5. The summed E-state index contributed by atoms with van der Waals surface area (Å²) in [7, 11) is -4.49. The number of carbonyl (C=O) groups excluding carboxylic acids is 1. The van der Waals surface area contributed by atoms with Crippen molar-refractivity contribution >= 4 is 49.5 Å². The molecule has 0 aromatic heterocycles. The van der Waals surface area contributed by atoms with Crippen molar-refractivity contribution in [2.24, 2.45) is 0 Å². The predicted molar refractivity (Wildman–Crippen MR) is 86.7 cm³/mol. The third kappa shape index (κ3) is 7.45. The summed E-state index contributed by atoms with van der Waals surface area (Å²) in [5.41, 5.74) is 6.47. The summed E-state index contributed by atoms with van der Waals surface area (Å²) >= 11 is 5.80. The maximum absolute atomic E-state index is 11.7. The number of hydrogen-bond donors (Lipinski definition) is 2. The van der Waals surface area contributed by atoms with Gasteiger partial charge in [0.2, 0.25) is 5.91 Å². The molecule has 6 nitrogen and oxygen atoms in total. The Morgan fingerprint density at radius 2 is 2.05 bits per heavy atom. The molecule has 118 valence electrons. The van der Waals surface area contributed by atoms with Crippen molar-refractivity contribution < 1.29 is 17.4 Å². The molecule has 1 aromatic rings. The van der Waals surface area contributed by atoms with Crippen molar-refractivity contribution in [1.82, 2.24) is 0 Å². The van der Waals surface area contributed by atoms with Gasteiger partial charge in [0.15, 0.2) is 0 Å². The summed E-state index contributed by atoms with van der Waals surface area (Å²) in [5.74, 6) is -0.368. The van der Waals surface area contributed by atoms with Gasteiger partial charge in [0.05, 0.1) is 17.1 Å². The van der Waals surface area contributed by atoms with E-state index >= 15 is 0 Å². The van der Waals surface area contributed by atoms with Crippen LogP contribution in [0.3, 0.4) is 0 Å². The molecule has 0 saturated heterocycles. The molecule has 0 aliphatic carbocycles. The molecule has 21 heavy (non-hydrogen) atoms. The van der Waals surface area contributed by atoms with Gasteiger partial charge in [-0.15, -0.1) is 0 Å². The summed E-state index contributed by atoms with van der Waals surface area (Å²) in [5, 5.41) is 3.02. The second-order valence-electron chi connectivity index (χ2n) is 4.51. The van der Waals surface area contributed by atoms with E-state index in [1.807, 2.05) is 0 Å². The van der Waals surface area contributed by atoms with Crippen molar-refractivity contribution in [1.29, 1.82) is 0 Å². The Kier molecular flexibility index (Phi) is 6.63. The number of benzene rings is 1. The van der Waals surface area contributed by atoms with Crippen LogP contribution >= 0.6 is 11.6 Å². The lowest BCUT2D eigenvalue weighted by atomic mass is 10.2. The van der Waals surface area contributed by atoms with Crippen LogP contribution in [0.4, 0.5) is 11.4 Å². The van der Waals surface area contributed by atoms with Crippen LogP contribution in [0.5, 0.6) is 0 Å². The number of hydrogen-bond acceptors (Lipinski definition) is 5. The summed E-state index contributed by atoms with van der Waals surface area (Å²) in [4.78, 5) is 11.7. The summed E-state index contributed by atoms with van der Waals surface area (Å²) in [6.07, 6.45) is 1.10. The van der Waals surface area contributed by atoms with E-state index in [2.05, 4.69) is 5.32 Å². The minimum atomic E-state index is -3.14. The van der Waals surface area contributed by atoms with Crippen molar-refractivity contribution in [3.8, 4) is 0 Å². The van der Waals surface area contributed by atoms with Crippen molar-refractivity contribution in [2.45, 2.75) is 6.42 Å². The molecular weight excluding hydrogens is 336 g/mol. The number of halogens is 1. The number of carbonyl (C=O) groups is 1. The van der Waals surface area contributed by atoms with Crippen LogP contribution in [0.25, 0.3) is 0 Å². The van der Waals surface area contributed by atoms with Crippen LogP contribution in [0.1, 0.15) is 6.42 Å². The zero-order valence-electron chi connectivity index (χ0n) is 11.5. The van der Waals surface area contributed by atoms with Gasteiger partial charge in [-0.25, -0.2) is 8.42 Å². The monoisotopic (exact) mass is 352 g/mol. The standard InChI is InChI=1S/C12H17ClN2O4S2/c1-21(18,19)7-6-20(17)5-4-12(16)15-11-8-9(13)2-3-10(11)14/h2-3,8H,4-7,14H2,1H3,(H,15,16). The second kappa shape index (κ2) is 7.77. The van der Waals surface area contributed by atoms with E-state index in [0.717, 1.165) is 6.26 Å². The minimum Gasteiger partial charge on any atom is -0.397 e. The molecule has 1 aromatic carbocycles. The molecule has 0 spiro atoms. The van der Waals surface area contributed by atoms with E-state index in [0.29, 0.717) is 16.4 Å². The largest absolute Gasteiger partial charge is 0.397 e.